The number of nitrogens with two attached hydrogens (primary N) is 1. The molecular weight excluding hydrogens is 261 g/mol. The van der Waals surface area contributed by atoms with E-state index >= 15 is 0 Å². The summed E-state index contributed by atoms with van der Waals surface area (Å²) in [7, 11) is 0. The quantitative estimate of drug-likeness (QED) is 0.795. The number of hydrogen-bond donors (Lipinski definition) is 1. The Hall–Kier alpha value is -1.72. The molecule has 0 spiro atoms. The van der Waals surface area contributed by atoms with Crippen molar-refractivity contribution in [3.05, 3.63) is 59.1 Å². The van der Waals surface area contributed by atoms with Gasteiger partial charge in [0.15, 0.2) is 4.96 Å². The highest BCUT2D eigenvalue weighted by Gasteiger charge is 2.13. The fourth-order valence-corrected chi connectivity index (χ4v) is 2.94. The molecule has 0 aliphatic rings. The first-order chi connectivity index (χ1) is 9.26. The molecule has 2 aromatic heterocycles. The largest absolute Gasteiger partial charge is 0.330 e. The average Bonchev–Trinajstić information content (AvgIpc) is 2.96. The van der Waals surface area contributed by atoms with Crippen molar-refractivity contribution in [1.82, 2.24) is 9.38 Å². The molecule has 0 aliphatic carbocycles. The molecule has 0 saturated carbocycles. The first-order valence-electron chi connectivity index (χ1n) is 6.13. The van der Waals surface area contributed by atoms with Crippen molar-refractivity contribution in [3.8, 4) is 0 Å². The predicted molar refractivity (Wildman–Crippen MR) is 75.0 cm³/mol. The van der Waals surface area contributed by atoms with Crippen LogP contribution in [0.2, 0.25) is 0 Å². The zero-order valence-corrected chi connectivity index (χ0v) is 11.1. The maximum Gasteiger partial charge on any atom is 0.193 e. The summed E-state index contributed by atoms with van der Waals surface area (Å²) in [6.07, 6.45) is 4.72. The van der Waals surface area contributed by atoms with Gasteiger partial charge in [0.1, 0.15) is 5.82 Å². The van der Waals surface area contributed by atoms with E-state index in [1.54, 1.807) is 23.5 Å². The van der Waals surface area contributed by atoms with Crippen LogP contribution < -0.4 is 5.73 Å². The van der Waals surface area contributed by atoms with Crippen molar-refractivity contribution in [2.45, 2.75) is 12.3 Å². The molecule has 0 fully saturated rings. The lowest BCUT2D eigenvalue weighted by molar-refractivity contribution is 0.615. The van der Waals surface area contributed by atoms with Gasteiger partial charge in [-0.2, -0.15) is 0 Å². The number of aromatic nitrogens is 2. The van der Waals surface area contributed by atoms with Crippen molar-refractivity contribution in [2.24, 2.45) is 5.73 Å². The number of hydrogen-bond acceptors (Lipinski definition) is 3. The van der Waals surface area contributed by atoms with E-state index in [2.05, 4.69) is 4.98 Å². The number of nitrogens with zero attached hydrogens (tertiary/aromatic N) is 2. The summed E-state index contributed by atoms with van der Waals surface area (Å²) in [6, 6.07) is 6.64. The second kappa shape index (κ2) is 5.11. The molecule has 2 N–H and O–H groups in total. The third kappa shape index (κ3) is 2.52. The van der Waals surface area contributed by atoms with E-state index in [4.69, 9.17) is 5.73 Å². The lowest BCUT2D eigenvalue weighted by atomic mass is 9.94. The minimum atomic E-state index is -0.221. The molecule has 3 nitrogen and oxygen atoms in total. The van der Waals surface area contributed by atoms with Gasteiger partial charge in [-0.3, -0.25) is 4.40 Å². The summed E-state index contributed by atoms with van der Waals surface area (Å²) in [5, 5.41) is 2.00. The van der Waals surface area contributed by atoms with Gasteiger partial charge < -0.3 is 5.73 Å². The van der Waals surface area contributed by atoms with E-state index in [0.717, 1.165) is 22.6 Å². The number of benzene rings is 1. The zero-order chi connectivity index (χ0) is 13.2. The molecule has 1 atom stereocenters. The first-order valence-corrected chi connectivity index (χ1v) is 7.01. The van der Waals surface area contributed by atoms with Crippen LogP contribution in [0.1, 0.15) is 17.2 Å². The van der Waals surface area contributed by atoms with Crippen LogP contribution in [0, 0.1) is 5.82 Å². The number of rotatable bonds is 4. The first kappa shape index (κ1) is 12.3. The number of fused-ring (bicyclic) bond motifs is 1. The van der Waals surface area contributed by atoms with E-state index in [0.29, 0.717) is 6.54 Å². The minimum Gasteiger partial charge on any atom is -0.330 e. The molecular formula is C14H14FN3S. The van der Waals surface area contributed by atoms with Gasteiger partial charge >= 0.3 is 0 Å². The van der Waals surface area contributed by atoms with Crippen LogP contribution in [0.5, 0.6) is 0 Å². The van der Waals surface area contributed by atoms with Crippen molar-refractivity contribution in [1.29, 1.82) is 0 Å². The highest BCUT2D eigenvalue weighted by molar-refractivity contribution is 7.15. The fourth-order valence-electron chi connectivity index (χ4n) is 2.22. The Bertz CT molecular complexity index is 660. The summed E-state index contributed by atoms with van der Waals surface area (Å²) in [4.78, 5) is 5.52. The van der Waals surface area contributed by atoms with Gasteiger partial charge in [0.25, 0.3) is 0 Å². The van der Waals surface area contributed by atoms with Crippen molar-refractivity contribution in [2.75, 3.05) is 6.54 Å². The average molecular weight is 275 g/mol. The summed E-state index contributed by atoms with van der Waals surface area (Å²) < 4.78 is 15.3. The van der Waals surface area contributed by atoms with Gasteiger partial charge in [0, 0.05) is 23.7 Å². The normalized spacial score (nSPS) is 12.9. The smallest absolute Gasteiger partial charge is 0.193 e. The van der Waals surface area contributed by atoms with Crippen LogP contribution in [-0.4, -0.2) is 15.9 Å². The number of halogens is 1. The molecule has 3 aromatic rings. The Morgan fingerprint density at radius 2 is 2.32 bits per heavy atom. The number of imidazole rings is 1. The molecule has 1 aromatic carbocycles. The van der Waals surface area contributed by atoms with Gasteiger partial charge in [0.2, 0.25) is 0 Å². The van der Waals surface area contributed by atoms with Gasteiger partial charge in [-0.05, 0) is 30.7 Å². The van der Waals surface area contributed by atoms with Gasteiger partial charge in [-0.1, -0.05) is 12.1 Å². The second-order valence-corrected chi connectivity index (χ2v) is 5.39. The molecule has 0 radical (unpaired) electrons. The van der Waals surface area contributed by atoms with Crippen LogP contribution >= 0.6 is 11.3 Å². The summed E-state index contributed by atoms with van der Waals surface area (Å²) in [5.41, 5.74) is 7.74. The Kier molecular flexibility index (Phi) is 3.31. The highest BCUT2D eigenvalue weighted by atomic mass is 32.1. The molecule has 3 rings (SSSR count). The predicted octanol–water partition coefficient (Wildman–Crippen LogP) is 2.82. The number of thiazole rings is 1. The molecule has 2 heterocycles. The molecule has 0 amide bonds. The summed E-state index contributed by atoms with van der Waals surface area (Å²) in [5.74, 6) is -0.123. The molecule has 5 heteroatoms. The third-order valence-corrected chi connectivity index (χ3v) is 3.97. The molecule has 19 heavy (non-hydrogen) atoms. The lowest BCUT2D eigenvalue weighted by Crippen LogP contribution is -2.15. The monoisotopic (exact) mass is 275 g/mol. The minimum absolute atomic E-state index is 0.0975. The van der Waals surface area contributed by atoms with Crippen LogP contribution in [0.3, 0.4) is 0 Å². The zero-order valence-electron chi connectivity index (χ0n) is 10.3. The van der Waals surface area contributed by atoms with Crippen molar-refractivity contribution < 1.29 is 4.39 Å². The molecule has 0 aliphatic heterocycles. The van der Waals surface area contributed by atoms with Crippen LogP contribution in [0.25, 0.3) is 4.96 Å². The maximum absolute atomic E-state index is 13.3. The van der Waals surface area contributed by atoms with E-state index in [1.165, 1.54) is 6.07 Å². The van der Waals surface area contributed by atoms with Gasteiger partial charge in [0.05, 0.1) is 5.69 Å². The van der Waals surface area contributed by atoms with Crippen LogP contribution in [0.4, 0.5) is 4.39 Å². The molecule has 0 saturated heterocycles. The van der Waals surface area contributed by atoms with E-state index in [9.17, 15) is 4.39 Å². The molecule has 1 unspecified atom stereocenters. The standard InChI is InChI=1S/C14H14FN3S/c15-12-3-1-2-10(6-12)11(8-16)7-13-9-18-4-5-19-14(18)17-13/h1-6,9,11H,7-8,16H2. The lowest BCUT2D eigenvalue weighted by Gasteiger charge is -2.13. The topological polar surface area (TPSA) is 43.3 Å². The Morgan fingerprint density at radius 3 is 3.05 bits per heavy atom. The maximum atomic E-state index is 13.3. The van der Waals surface area contributed by atoms with Gasteiger partial charge in [-0.15, -0.1) is 11.3 Å². The Morgan fingerprint density at radius 1 is 1.42 bits per heavy atom. The third-order valence-electron chi connectivity index (χ3n) is 3.20. The molecule has 98 valence electrons. The van der Waals surface area contributed by atoms with Crippen molar-refractivity contribution >= 4 is 16.3 Å². The summed E-state index contributed by atoms with van der Waals surface area (Å²) in [6.45, 7) is 0.481. The second-order valence-electron chi connectivity index (χ2n) is 4.52. The molecule has 0 bridgehead atoms. The van der Waals surface area contributed by atoms with E-state index in [1.807, 2.05) is 28.2 Å². The van der Waals surface area contributed by atoms with Gasteiger partial charge in [-0.25, -0.2) is 9.37 Å². The van der Waals surface area contributed by atoms with Crippen molar-refractivity contribution in [3.63, 3.8) is 0 Å². The fraction of sp³-hybridized carbons (Fsp3) is 0.214. The summed E-state index contributed by atoms with van der Waals surface area (Å²) >= 11 is 1.60. The Balaban J connectivity index is 1.85. The highest BCUT2D eigenvalue weighted by Crippen LogP contribution is 2.21. The van der Waals surface area contributed by atoms with E-state index < -0.39 is 0 Å². The SMILES string of the molecule is NCC(Cc1cn2ccsc2n1)c1cccc(F)c1. The Labute approximate surface area is 114 Å². The van der Waals surface area contributed by atoms with Crippen LogP contribution in [0.15, 0.2) is 42.0 Å². The van der Waals surface area contributed by atoms with E-state index in [-0.39, 0.29) is 11.7 Å². The van der Waals surface area contributed by atoms with Crippen LogP contribution in [-0.2, 0) is 6.42 Å².